The SMILES string of the molecule is CC(=O)Oc1cc(/C=C/C(=O)Nc2cccc(Cl)c2Cl)ccc1F. The van der Waals surface area contributed by atoms with E-state index in [1.165, 1.54) is 31.2 Å². The molecule has 0 bridgehead atoms. The lowest BCUT2D eigenvalue weighted by Gasteiger charge is -2.06. The van der Waals surface area contributed by atoms with Crippen LogP contribution >= 0.6 is 23.2 Å². The molecule has 124 valence electrons. The van der Waals surface area contributed by atoms with Crippen LogP contribution in [0.5, 0.6) is 5.75 Å². The van der Waals surface area contributed by atoms with Gasteiger partial charge >= 0.3 is 5.97 Å². The third-order valence-electron chi connectivity index (χ3n) is 2.85. The van der Waals surface area contributed by atoms with E-state index in [0.29, 0.717) is 16.3 Å². The molecule has 0 unspecified atom stereocenters. The second-order valence-electron chi connectivity index (χ2n) is 4.71. The number of benzene rings is 2. The molecule has 0 radical (unpaired) electrons. The minimum absolute atomic E-state index is 0.206. The molecule has 0 fully saturated rings. The Morgan fingerprint density at radius 3 is 2.67 bits per heavy atom. The number of nitrogens with one attached hydrogen (secondary N) is 1. The normalized spacial score (nSPS) is 10.7. The fourth-order valence-corrected chi connectivity index (χ4v) is 2.15. The zero-order valence-electron chi connectivity index (χ0n) is 12.5. The van der Waals surface area contributed by atoms with Gasteiger partial charge in [0.1, 0.15) is 0 Å². The van der Waals surface area contributed by atoms with E-state index in [4.69, 9.17) is 27.9 Å². The topological polar surface area (TPSA) is 55.4 Å². The maximum absolute atomic E-state index is 13.5. The fraction of sp³-hybridized carbons (Fsp3) is 0.0588. The monoisotopic (exact) mass is 367 g/mol. The molecule has 0 heterocycles. The Kier molecular flexibility index (Phi) is 5.95. The van der Waals surface area contributed by atoms with E-state index in [2.05, 4.69) is 5.32 Å². The Labute approximate surface area is 147 Å². The number of halogens is 3. The summed E-state index contributed by atoms with van der Waals surface area (Å²) >= 11 is 11.8. The van der Waals surface area contributed by atoms with Crippen LogP contribution in [0, 0.1) is 5.82 Å². The van der Waals surface area contributed by atoms with Crippen LogP contribution in [0.15, 0.2) is 42.5 Å². The molecule has 4 nitrogen and oxygen atoms in total. The van der Waals surface area contributed by atoms with Crippen molar-refractivity contribution in [1.82, 2.24) is 0 Å². The summed E-state index contributed by atoms with van der Waals surface area (Å²) in [5.74, 6) is -1.96. The summed E-state index contributed by atoms with van der Waals surface area (Å²) in [5.41, 5.74) is 0.860. The Bertz CT molecular complexity index is 821. The first-order valence-corrected chi connectivity index (χ1v) is 7.53. The van der Waals surface area contributed by atoms with Gasteiger partial charge in [0.25, 0.3) is 0 Å². The van der Waals surface area contributed by atoms with Crippen LogP contribution in [0.25, 0.3) is 6.08 Å². The van der Waals surface area contributed by atoms with Crippen LogP contribution in [-0.2, 0) is 9.59 Å². The first-order valence-electron chi connectivity index (χ1n) is 6.78. The van der Waals surface area contributed by atoms with E-state index in [9.17, 15) is 14.0 Å². The number of carbonyl (C=O) groups is 2. The number of anilines is 1. The number of esters is 1. The van der Waals surface area contributed by atoms with E-state index < -0.39 is 17.7 Å². The van der Waals surface area contributed by atoms with Crippen molar-refractivity contribution in [2.45, 2.75) is 6.92 Å². The highest BCUT2D eigenvalue weighted by atomic mass is 35.5. The number of hydrogen-bond donors (Lipinski definition) is 1. The highest BCUT2D eigenvalue weighted by Crippen LogP contribution is 2.29. The van der Waals surface area contributed by atoms with Crippen LogP contribution < -0.4 is 10.1 Å². The number of ether oxygens (including phenoxy) is 1. The maximum Gasteiger partial charge on any atom is 0.308 e. The smallest absolute Gasteiger partial charge is 0.308 e. The van der Waals surface area contributed by atoms with Crippen molar-refractivity contribution in [2.24, 2.45) is 0 Å². The zero-order chi connectivity index (χ0) is 17.7. The van der Waals surface area contributed by atoms with Crippen LogP contribution in [0.3, 0.4) is 0 Å². The van der Waals surface area contributed by atoms with Gasteiger partial charge < -0.3 is 10.1 Å². The highest BCUT2D eigenvalue weighted by Gasteiger charge is 2.08. The first-order chi connectivity index (χ1) is 11.4. The van der Waals surface area contributed by atoms with Gasteiger partial charge in [-0.25, -0.2) is 4.39 Å². The summed E-state index contributed by atoms with van der Waals surface area (Å²) in [6.07, 6.45) is 2.68. The average Bonchev–Trinajstić information content (AvgIpc) is 2.52. The molecule has 0 aliphatic rings. The van der Waals surface area contributed by atoms with Crippen LogP contribution in [0.2, 0.25) is 10.0 Å². The van der Waals surface area contributed by atoms with Gasteiger partial charge in [-0.05, 0) is 35.9 Å². The molecule has 2 rings (SSSR count). The molecule has 0 saturated carbocycles. The van der Waals surface area contributed by atoms with Gasteiger partial charge in [-0.2, -0.15) is 0 Å². The molecule has 0 aliphatic carbocycles. The van der Waals surface area contributed by atoms with Crippen molar-refractivity contribution in [3.8, 4) is 5.75 Å². The summed E-state index contributed by atoms with van der Waals surface area (Å²) in [4.78, 5) is 22.8. The largest absolute Gasteiger partial charge is 0.424 e. The Morgan fingerprint density at radius 1 is 1.21 bits per heavy atom. The Balaban J connectivity index is 2.11. The van der Waals surface area contributed by atoms with Crippen molar-refractivity contribution < 1.29 is 18.7 Å². The summed E-state index contributed by atoms with van der Waals surface area (Å²) < 4.78 is 18.2. The zero-order valence-corrected chi connectivity index (χ0v) is 14.0. The molecule has 0 aliphatic heterocycles. The van der Waals surface area contributed by atoms with Gasteiger partial charge in [-0.3, -0.25) is 9.59 Å². The third kappa shape index (κ3) is 4.81. The lowest BCUT2D eigenvalue weighted by Crippen LogP contribution is -2.08. The van der Waals surface area contributed by atoms with Crippen molar-refractivity contribution >= 4 is 46.8 Å². The summed E-state index contributed by atoms with van der Waals surface area (Å²) in [6, 6.07) is 8.76. The second-order valence-corrected chi connectivity index (χ2v) is 5.49. The highest BCUT2D eigenvalue weighted by molar-refractivity contribution is 6.44. The van der Waals surface area contributed by atoms with E-state index in [1.807, 2.05) is 0 Å². The Hall–Kier alpha value is -2.37. The van der Waals surface area contributed by atoms with E-state index in [0.717, 1.165) is 6.07 Å². The molecule has 1 N–H and O–H groups in total. The van der Waals surface area contributed by atoms with E-state index in [1.54, 1.807) is 18.2 Å². The molecule has 0 saturated heterocycles. The number of hydrogen-bond acceptors (Lipinski definition) is 3. The quantitative estimate of drug-likeness (QED) is 0.483. The van der Waals surface area contributed by atoms with Gasteiger partial charge in [0.15, 0.2) is 11.6 Å². The van der Waals surface area contributed by atoms with Crippen LogP contribution in [-0.4, -0.2) is 11.9 Å². The van der Waals surface area contributed by atoms with Gasteiger partial charge in [0.2, 0.25) is 5.91 Å². The van der Waals surface area contributed by atoms with Crippen LogP contribution in [0.1, 0.15) is 12.5 Å². The van der Waals surface area contributed by atoms with Gasteiger partial charge in [-0.1, -0.05) is 35.3 Å². The average molecular weight is 368 g/mol. The van der Waals surface area contributed by atoms with Crippen molar-refractivity contribution in [1.29, 1.82) is 0 Å². The van der Waals surface area contributed by atoms with E-state index >= 15 is 0 Å². The second kappa shape index (κ2) is 7.95. The first kappa shape index (κ1) is 18.0. The number of amides is 1. The minimum Gasteiger partial charge on any atom is -0.424 e. The molecule has 0 spiro atoms. The summed E-state index contributed by atoms with van der Waals surface area (Å²) in [7, 11) is 0. The van der Waals surface area contributed by atoms with E-state index in [-0.39, 0.29) is 10.8 Å². The summed E-state index contributed by atoms with van der Waals surface area (Å²) in [6.45, 7) is 1.17. The third-order valence-corrected chi connectivity index (χ3v) is 3.66. The predicted molar refractivity (Wildman–Crippen MR) is 91.8 cm³/mol. The molecule has 1 amide bonds. The molecule has 24 heavy (non-hydrogen) atoms. The van der Waals surface area contributed by atoms with Gasteiger partial charge in [0.05, 0.1) is 15.7 Å². The van der Waals surface area contributed by atoms with Gasteiger partial charge in [0, 0.05) is 13.0 Å². The molecular formula is C17H12Cl2FNO3. The standard InChI is InChI=1S/C17H12Cl2FNO3/c1-10(22)24-15-9-11(5-7-13(15)20)6-8-16(23)21-14-4-2-3-12(18)17(14)19/h2-9H,1H3,(H,21,23)/b8-6+. The molecule has 0 aromatic heterocycles. The predicted octanol–water partition coefficient (Wildman–Crippen LogP) is 4.71. The van der Waals surface area contributed by atoms with Crippen molar-refractivity contribution in [3.05, 3.63) is 63.9 Å². The van der Waals surface area contributed by atoms with Crippen molar-refractivity contribution in [2.75, 3.05) is 5.32 Å². The minimum atomic E-state index is -0.669. The summed E-state index contributed by atoms with van der Waals surface area (Å²) in [5, 5.41) is 3.14. The molecular weight excluding hydrogens is 356 g/mol. The molecule has 2 aromatic rings. The van der Waals surface area contributed by atoms with Crippen molar-refractivity contribution in [3.63, 3.8) is 0 Å². The maximum atomic E-state index is 13.5. The lowest BCUT2D eigenvalue weighted by molar-refractivity contribution is -0.132. The number of rotatable bonds is 4. The van der Waals surface area contributed by atoms with Crippen LogP contribution in [0.4, 0.5) is 10.1 Å². The number of carbonyl (C=O) groups excluding carboxylic acids is 2. The molecule has 2 aromatic carbocycles. The van der Waals surface area contributed by atoms with Gasteiger partial charge in [-0.15, -0.1) is 0 Å². The molecule has 7 heteroatoms. The Morgan fingerprint density at radius 2 is 1.96 bits per heavy atom. The lowest BCUT2D eigenvalue weighted by atomic mass is 10.2. The molecule has 0 atom stereocenters. The fourth-order valence-electron chi connectivity index (χ4n) is 1.80.